The first kappa shape index (κ1) is 12.0. The molecule has 0 bridgehead atoms. The molecule has 0 N–H and O–H groups in total. The van der Waals surface area contributed by atoms with E-state index in [-0.39, 0.29) is 0 Å². The second kappa shape index (κ2) is 4.23. The van der Waals surface area contributed by atoms with Gasteiger partial charge in [0.1, 0.15) is 0 Å². The second-order valence-electron chi connectivity index (χ2n) is 4.21. The van der Waals surface area contributed by atoms with Crippen molar-refractivity contribution in [2.75, 3.05) is 0 Å². The van der Waals surface area contributed by atoms with Crippen LogP contribution in [-0.4, -0.2) is 0 Å². The SMILES string of the molecule is CCc1sc2c(sc3c(C)c(CCl)sc32)c1C. The summed E-state index contributed by atoms with van der Waals surface area (Å²) in [6, 6.07) is 0. The third-order valence-corrected chi connectivity index (χ3v) is 8.24. The van der Waals surface area contributed by atoms with Gasteiger partial charge in [-0.05, 0) is 31.4 Å². The maximum atomic E-state index is 5.99. The highest BCUT2D eigenvalue weighted by molar-refractivity contribution is 7.39. The Bertz CT molecular complexity index is 640. The van der Waals surface area contributed by atoms with Crippen LogP contribution in [0.4, 0.5) is 0 Å². The zero-order valence-electron chi connectivity index (χ0n) is 10.0. The number of alkyl halides is 1. The van der Waals surface area contributed by atoms with Crippen molar-refractivity contribution >= 4 is 64.4 Å². The van der Waals surface area contributed by atoms with Crippen LogP contribution in [0.15, 0.2) is 0 Å². The van der Waals surface area contributed by atoms with E-state index in [0.717, 1.165) is 6.42 Å². The molecule has 0 atom stereocenters. The average molecular weight is 301 g/mol. The van der Waals surface area contributed by atoms with Crippen LogP contribution in [0.2, 0.25) is 0 Å². The molecule has 0 aliphatic rings. The first-order valence-electron chi connectivity index (χ1n) is 5.66. The molecule has 0 aliphatic carbocycles. The molecule has 3 aromatic heterocycles. The van der Waals surface area contributed by atoms with Crippen LogP contribution in [0.3, 0.4) is 0 Å². The van der Waals surface area contributed by atoms with Gasteiger partial charge in [0.15, 0.2) is 0 Å². The maximum Gasteiger partial charge on any atom is 0.0635 e. The van der Waals surface area contributed by atoms with Gasteiger partial charge in [-0.2, -0.15) is 0 Å². The molecule has 0 saturated heterocycles. The van der Waals surface area contributed by atoms with Gasteiger partial charge in [0.25, 0.3) is 0 Å². The monoisotopic (exact) mass is 300 g/mol. The van der Waals surface area contributed by atoms with E-state index in [1.807, 2.05) is 34.0 Å². The molecule has 0 nitrogen and oxygen atoms in total. The Morgan fingerprint density at radius 1 is 0.824 bits per heavy atom. The van der Waals surface area contributed by atoms with Crippen molar-refractivity contribution in [2.45, 2.75) is 33.1 Å². The molecule has 3 heterocycles. The summed E-state index contributed by atoms with van der Waals surface area (Å²) in [6.45, 7) is 6.70. The van der Waals surface area contributed by atoms with Gasteiger partial charge in [-0.1, -0.05) is 6.92 Å². The molecule has 90 valence electrons. The highest BCUT2D eigenvalue weighted by Gasteiger charge is 2.18. The van der Waals surface area contributed by atoms with Gasteiger partial charge in [-0.15, -0.1) is 45.6 Å². The lowest BCUT2D eigenvalue weighted by Crippen LogP contribution is -1.74. The normalized spacial score (nSPS) is 12.0. The number of hydrogen-bond donors (Lipinski definition) is 0. The molecule has 0 radical (unpaired) electrons. The minimum atomic E-state index is 0.643. The highest BCUT2D eigenvalue weighted by Crippen LogP contribution is 2.48. The van der Waals surface area contributed by atoms with Crippen molar-refractivity contribution in [1.29, 1.82) is 0 Å². The smallest absolute Gasteiger partial charge is 0.0635 e. The number of aryl methyl sites for hydroxylation is 3. The van der Waals surface area contributed by atoms with E-state index in [2.05, 4.69) is 20.8 Å². The average Bonchev–Trinajstić information content (AvgIpc) is 2.92. The standard InChI is InChI=1S/C13H13ClS3/c1-4-8-6(2)10-12(15-8)13-11(17-10)7(3)9(5-14)16-13/h4-5H2,1-3H3. The first-order valence-corrected chi connectivity index (χ1v) is 8.64. The van der Waals surface area contributed by atoms with Gasteiger partial charge in [-0.25, -0.2) is 0 Å². The molecular formula is C13H13ClS3. The van der Waals surface area contributed by atoms with Crippen molar-refractivity contribution in [3.05, 3.63) is 20.9 Å². The van der Waals surface area contributed by atoms with E-state index in [1.54, 1.807) is 0 Å². The van der Waals surface area contributed by atoms with Gasteiger partial charge in [-0.3, -0.25) is 0 Å². The number of hydrogen-bond acceptors (Lipinski definition) is 3. The topological polar surface area (TPSA) is 0 Å². The predicted octanol–water partition coefficient (Wildman–Crippen LogP) is 6.10. The lowest BCUT2D eigenvalue weighted by Gasteiger charge is -1.92. The predicted molar refractivity (Wildman–Crippen MR) is 83.5 cm³/mol. The Balaban J connectivity index is 2.41. The molecule has 3 aromatic rings. The Hall–Kier alpha value is -0.0900. The fraction of sp³-hybridized carbons (Fsp3) is 0.385. The van der Waals surface area contributed by atoms with Crippen molar-refractivity contribution < 1.29 is 0 Å². The zero-order valence-corrected chi connectivity index (χ0v) is 13.2. The fourth-order valence-corrected chi connectivity index (χ4v) is 6.80. The Morgan fingerprint density at radius 2 is 1.35 bits per heavy atom. The van der Waals surface area contributed by atoms with Crippen molar-refractivity contribution in [1.82, 2.24) is 0 Å². The number of halogens is 1. The third kappa shape index (κ3) is 1.60. The minimum absolute atomic E-state index is 0.643. The summed E-state index contributed by atoms with van der Waals surface area (Å²) in [5.74, 6) is 0.643. The van der Waals surface area contributed by atoms with Gasteiger partial charge < -0.3 is 0 Å². The summed E-state index contributed by atoms with van der Waals surface area (Å²) in [6.07, 6.45) is 1.14. The van der Waals surface area contributed by atoms with E-state index >= 15 is 0 Å². The molecule has 0 spiro atoms. The Kier molecular flexibility index (Phi) is 2.98. The summed E-state index contributed by atoms with van der Waals surface area (Å²) in [5, 5.41) is 0. The summed E-state index contributed by atoms with van der Waals surface area (Å²) in [4.78, 5) is 2.87. The second-order valence-corrected chi connectivity index (χ2v) is 7.70. The summed E-state index contributed by atoms with van der Waals surface area (Å²) >= 11 is 11.8. The zero-order chi connectivity index (χ0) is 12.2. The first-order chi connectivity index (χ1) is 8.17. The highest BCUT2D eigenvalue weighted by atomic mass is 35.5. The summed E-state index contributed by atoms with van der Waals surface area (Å²) in [5.41, 5.74) is 2.89. The van der Waals surface area contributed by atoms with Crippen LogP contribution in [-0.2, 0) is 12.3 Å². The van der Waals surface area contributed by atoms with Crippen molar-refractivity contribution in [3.8, 4) is 0 Å². The number of fused-ring (bicyclic) bond motifs is 3. The molecule has 0 aliphatic heterocycles. The maximum absolute atomic E-state index is 5.99. The lowest BCUT2D eigenvalue weighted by atomic mass is 10.2. The fourth-order valence-electron chi connectivity index (χ4n) is 2.20. The van der Waals surface area contributed by atoms with E-state index in [1.165, 1.54) is 39.7 Å². The van der Waals surface area contributed by atoms with Crippen LogP contribution < -0.4 is 0 Å². The van der Waals surface area contributed by atoms with Crippen molar-refractivity contribution in [3.63, 3.8) is 0 Å². The Morgan fingerprint density at radius 3 is 1.88 bits per heavy atom. The largest absolute Gasteiger partial charge is 0.138 e. The lowest BCUT2D eigenvalue weighted by molar-refractivity contribution is 1.16. The minimum Gasteiger partial charge on any atom is -0.138 e. The molecule has 0 aromatic carbocycles. The number of thiophene rings is 3. The Labute approximate surface area is 118 Å². The molecule has 4 heteroatoms. The van der Waals surface area contributed by atoms with Gasteiger partial charge >= 0.3 is 0 Å². The van der Waals surface area contributed by atoms with Crippen LogP contribution in [0.25, 0.3) is 18.8 Å². The molecule has 0 fully saturated rings. The molecular weight excluding hydrogens is 288 g/mol. The third-order valence-electron chi connectivity index (χ3n) is 3.23. The molecule has 3 rings (SSSR count). The molecule has 0 saturated carbocycles. The van der Waals surface area contributed by atoms with Gasteiger partial charge in [0, 0.05) is 9.75 Å². The van der Waals surface area contributed by atoms with Gasteiger partial charge in [0.2, 0.25) is 0 Å². The molecule has 0 amide bonds. The van der Waals surface area contributed by atoms with E-state index < -0.39 is 0 Å². The molecule has 17 heavy (non-hydrogen) atoms. The quantitative estimate of drug-likeness (QED) is 0.502. The van der Waals surface area contributed by atoms with Crippen LogP contribution >= 0.6 is 45.6 Å². The van der Waals surface area contributed by atoms with Crippen LogP contribution in [0.5, 0.6) is 0 Å². The van der Waals surface area contributed by atoms with E-state index in [9.17, 15) is 0 Å². The number of rotatable bonds is 2. The van der Waals surface area contributed by atoms with Crippen LogP contribution in [0.1, 0.15) is 27.8 Å². The summed E-state index contributed by atoms with van der Waals surface area (Å²) < 4.78 is 5.91. The molecule has 0 unspecified atom stereocenters. The van der Waals surface area contributed by atoms with Crippen molar-refractivity contribution in [2.24, 2.45) is 0 Å². The van der Waals surface area contributed by atoms with E-state index in [0.29, 0.717) is 5.88 Å². The summed E-state index contributed by atoms with van der Waals surface area (Å²) in [7, 11) is 0. The van der Waals surface area contributed by atoms with Crippen LogP contribution in [0, 0.1) is 13.8 Å². The van der Waals surface area contributed by atoms with Gasteiger partial charge in [0.05, 0.1) is 24.7 Å². The van der Waals surface area contributed by atoms with E-state index in [4.69, 9.17) is 11.6 Å².